The van der Waals surface area contributed by atoms with Crippen molar-refractivity contribution < 1.29 is 4.79 Å². The third-order valence-electron chi connectivity index (χ3n) is 3.25. The van der Waals surface area contributed by atoms with E-state index in [0.29, 0.717) is 16.5 Å². The van der Waals surface area contributed by atoms with E-state index >= 15 is 0 Å². The number of rotatable bonds is 4. The van der Waals surface area contributed by atoms with Crippen LogP contribution in [0, 0.1) is 0 Å². The first-order valence-electron chi connectivity index (χ1n) is 6.00. The number of carbonyl (C=O) groups is 1. The van der Waals surface area contributed by atoms with Crippen LogP contribution >= 0.6 is 23.2 Å². The second kappa shape index (κ2) is 5.77. The molecule has 0 aliphatic carbocycles. The molecular weight excluding hydrogens is 279 g/mol. The molecule has 0 aliphatic heterocycles. The molecule has 0 bridgehead atoms. The summed E-state index contributed by atoms with van der Waals surface area (Å²) in [5, 5.41) is 1.37. The van der Waals surface area contributed by atoms with Gasteiger partial charge < -0.3 is 4.79 Å². The molecule has 0 aliphatic rings. The number of carbonyl (C=O) groups excluding carboxylic acids is 1. The maximum absolute atomic E-state index is 11.5. The van der Waals surface area contributed by atoms with Gasteiger partial charge in [0.05, 0.1) is 5.41 Å². The molecule has 2 rings (SSSR count). The summed E-state index contributed by atoms with van der Waals surface area (Å²) in [6.45, 7) is 1.93. The van der Waals surface area contributed by atoms with Gasteiger partial charge in [-0.3, -0.25) is 0 Å². The molecule has 2 aromatic rings. The van der Waals surface area contributed by atoms with E-state index in [9.17, 15) is 4.79 Å². The van der Waals surface area contributed by atoms with Gasteiger partial charge in [-0.05, 0) is 48.7 Å². The van der Waals surface area contributed by atoms with Crippen LogP contribution in [0.1, 0.15) is 18.1 Å². The molecule has 0 N–H and O–H groups in total. The summed E-state index contributed by atoms with van der Waals surface area (Å²) < 4.78 is 0. The second-order valence-electron chi connectivity index (χ2n) is 4.85. The zero-order valence-electron chi connectivity index (χ0n) is 10.6. The minimum Gasteiger partial charge on any atom is -0.302 e. The van der Waals surface area contributed by atoms with Crippen LogP contribution in [0.4, 0.5) is 0 Å². The molecular formula is C16H14Cl2O. The standard InChI is InChI=1S/C16H14Cl2O/c1-16(11-19,13-4-8-15(18)9-5-13)10-12-2-6-14(17)7-3-12/h2-9,11H,10H2,1H3. The molecule has 2 aromatic carbocycles. The quantitative estimate of drug-likeness (QED) is 0.747. The second-order valence-corrected chi connectivity index (χ2v) is 5.72. The number of aldehydes is 1. The average molecular weight is 293 g/mol. The van der Waals surface area contributed by atoms with Crippen molar-refractivity contribution in [3.63, 3.8) is 0 Å². The lowest BCUT2D eigenvalue weighted by Crippen LogP contribution is -2.26. The van der Waals surface area contributed by atoms with E-state index in [4.69, 9.17) is 23.2 Å². The highest BCUT2D eigenvalue weighted by Gasteiger charge is 2.26. The number of hydrogen-bond donors (Lipinski definition) is 0. The van der Waals surface area contributed by atoms with Crippen LogP contribution in [0.15, 0.2) is 48.5 Å². The SMILES string of the molecule is CC(C=O)(Cc1ccc(Cl)cc1)c1ccc(Cl)cc1. The molecule has 0 spiro atoms. The molecule has 0 amide bonds. The van der Waals surface area contributed by atoms with Crippen LogP contribution in [0.25, 0.3) is 0 Å². The minimum atomic E-state index is -0.557. The van der Waals surface area contributed by atoms with E-state index in [-0.39, 0.29) is 0 Å². The van der Waals surface area contributed by atoms with Crippen molar-refractivity contribution in [2.45, 2.75) is 18.8 Å². The number of halogens is 2. The summed E-state index contributed by atoms with van der Waals surface area (Å²) in [4.78, 5) is 11.5. The third-order valence-corrected chi connectivity index (χ3v) is 3.75. The normalized spacial score (nSPS) is 13.8. The van der Waals surface area contributed by atoms with E-state index in [1.165, 1.54) is 0 Å². The third kappa shape index (κ3) is 3.37. The molecule has 0 saturated heterocycles. The monoisotopic (exact) mass is 292 g/mol. The van der Waals surface area contributed by atoms with Crippen molar-refractivity contribution in [1.29, 1.82) is 0 Å². The minimum absolute atomic E-state index is 0.557. The van der Waals surface area contributed by atoms with Crippen molar-refractivity contribution >= 4 is 29.5 Å². The summed E-state index contributed by atoms with van der Waals surface area (Å²) in [6, 6.07) is 15.0. The topological polar surface area (TPSA) is 17.1 Å². The van der Waals surface area contributed by atoms with Crippen molar-refractivity contribution in [1.82, 2.24) is 0 Å². The van der Waals surface area contributed by atoms with Crippen molar-refractivity contribution in [3.8, 4) is 0 Å². The lowest BCUT2D eigenvalue weighted by Gasteiger charge is -2.24. The molecule has 1 nitrogen and oxygen atoms in total. The van der Waals surface area contributed by atoms with Gasteiger partial charge in [0, 0.05) is 10.0 Å². The predicted octanol–water partition coefficient (Wildman–Crippen LogP) is 4.69. The summed E-state index contributed by atoms with van der Waals surface area (Å²) in [7, 11) is 0. The summed E-state index contributed by atoms with van der Waals surface area (Å²) in [6.07, 6.45) is 1.63. The van der Waals surface area contributed by atoms with Gasteiger partial charge in [0.1, 0.15) is 6.29 Å². The summed E-state index contributed by atoms with van der Waals surface area (Å²) in [5.41, 5.74) is 1.48. The Balaban J connectivity index is 2.29. The van der Waals surface area contributed by atoms with E-state index < -0.39 is 5.41 Å². The molecule has 1 unspecified atom stereocenters. The van der Waals surface area contributed by atoms with Gasteiger partial charge in [-0.1, -0.05) is 47.5 Å². The molecule has 0 heterocycles. The molecule has 0 aromatic heterocycles. The van der Waals surface area contributed by atoms with E-state index in [1.54, 1.807) is 12.1 Å². The first-order valence-corrected chi connectivity index (χ1v) is 6.76. The summed E-state index contributed by atoms with van der Waals surface area (Å²) in [5.74, 6) is 0. The van der Waals surface area contributed by atoms with Crippen molar-refractivity contribution in [3.05, 3.63) is 69.7 Å². The van der Waals surface area contributed by atoms with Crippen molar-refractivity contribution in [2.24, 2.45) is 0 Å². The van der Waals surface area contributed by atoms with Gasteiger partial charge in [0.15, 0.2) is 0 Å². The van der Waals surface area contributed by atoms with E-state index in [2.05, 4.69) is 0 Å². The Hall–Kier alpha value is -1.31. The highest BCUT2D eigenvalue weighted by molar-refractivity contribution is 6.30. The fraction of sp³-hybridized carbons (Fsp3) is 0.188. The van der Waals surface area contributed by atoms with Gasteiger partial charge in [0.2, 0.25) is 0 Å². The molecule has 98 valence electrons. The lowest BCUT2D eigenvalue weighted by molar-refractivity contribution is -0.112. The van der Waals surface area contributed by atoms with Crippen LogP contribution in [0.5, 0.6) is 0 Å². The zero-order chi connectivity index (χ0) is 13.9. The highest BCUT2D eigenvalue weighted by Crippen LogP contribution is 2.27. The number of benzene rings is 2. The van der Waals surface area contributed by atoms with Crippen LogP contribution in [-0.2, 0) is 16.6 Å². The van der Waals surface area contributed by atoms with Crippen LogP contribution in [0.3, 0.4) is 0 Å². The molecule has 3 heteroatoms. The summed E-state index contributed by atoms with van der Waals surface area (Å²) >= 11 is 11.7. The van der Waals surface area contributed by atoms with Gasteiger partial charge in [-0.25, -0.2) is 0 Å². The fourth-order valence-corrected chi connectivity index (χ4v) is 2.32. The maximum Gasteiger partial charge on any atom is 0.130 e. The Bertz CT molecular complexity index is 560. The number of hydrogen-bond acceptors (Lipinski definition) is 1. The Morgan fingerprint density at radius 3 is 1.89 bits per heavy atom. The van der Waals surface area contributed by atoms with Crippen molar-refractivity contribution in [2.75, 3.05) is 0 Å². The van der Waals surface area contributed by atoms with Gasteiger partial charge in [0.25, 0.3) is 0 Å². The first kappa shape index (κ1) is 14.1. The molecule has 0 radical (unpaired) electrons. The van der Waals surface area contributed by atoms with Crippen LogP contribution < -0.4 is 0 Å². The van der Waals surface area contributed by atoms with Gasteiger partial charge >= 0.3 is 0 Å². The van der Waals surface area contributed by atoms with Gasteiger partial charge in [-0.2, -0.15) is 0 Å². The fourth-order valence-electron chi connectivity index (χ4n) is 2.07. The maximum atomic E-state index is 11.5. The molecule has 1 atom stereocenters. The smallest absolute Gasteiger partial charge is 0.130 e. The Morgan fingerprint density at radius 1 is 0.947 bits per heavy atom. The molecule has 0 fully saturated rings. The van der Waals surface area contributed by atoms with E-state index in [0.717, 1.165) is 17.4 Å². The Morgan fingerprint density at radius 2 is 1.42 bits per heavy atom. The first-order chi connectivity index (χ1) is 9.03. The predicted molar refractivity (Wildman–Crippen MR) is 80.0 cm³/mol. The molecule has 19 heavy (non-hydrogen) atoms. The van der Waals surface area contributed by atoms with Crippen LogP contribution in [-0.4, -0.2) is 6.29 Å². The van der Waals surface area contributed by atoms with E-state index in [1.807, 2.05) is 43.3 Å². The Labute approximate surface area is 123 Å². The largest absolute Gasteiger partial charge is 0.302 e. The average Bonchev–Trinajstić information content (AvgIpc) is 2.42. The Kier molecular flexibility index (Phi) is 4.28. The van der Waals surface area contributed by atoms with Gasteiger partial charge in [-0.15, -0.1) is 0 Å². The zero-order valence-corrected chi connectivity index (χ0v) is 12.1. The van der Waals surface area contributed by atoms with Crippen LogP contribution in [0.2, 0.25) is 10.0 Å². The lowest BCUT2D eigenvalue weighted by atomic mass is 9.79. The molecule has 0 saturated carbocycles. The highest BCUT2D eigenvalue weighted by atomic mass is 35.5.